The summed E-state index contributed by atoms with van der Waals surface area (Å²) < 4.78 is 9.69. The van der Waals surface area contributed by atoms with Crippen LogP contribution >= 0.6 is 11.6 Å². The van der Waals surface area contributed by atoms with E-state index in [-0.39, 0.29) is 30.7 Å². The van der Waals surface area contributed by atoms with Crippen LogP contribution in [0.1, 0.15) is 5.76 Å². The summed E-state index contributed by atoms with van der Waals surface area (Å²) in [7, 11) is 0. The first-order chi connectivity index (χ1) is 8.50. The van der Waals surface area contributed by atoms with Gasteiger partial charge in [-0.25, -0.2) is 0 Å². The molecule has 0 bridgehead atoms. The van der Waals surface area contributed by atoms with Crippen molar-refractivity contribution in [3.63, 3.8) is 0 Å². The minimum absolute atomic E-state index is 0.00521. The van der Waals surface area contributed by atoms with Crippen LogP contribution in [0.15, 0.2) is 4.52 Å². The Bertz CT molecular complexity index is 434. The van der Waals surface area contributed by atoms with Crippen molar-refractivity contribution in [2.24, 2.45) is 0 Å². The minimum atomic E-state index is -0.944. The van der Waals surface area contributed by atoms with Gasteiger partial charge >= 0.3 is 0 Å². The van der Waals surface area contributed by atoms with E-state index in [1.54, 1.807) is 6.92 Å². The average Bonchev–Trinajstić information content (AvgIpc) is 2.63. The summed E-state index contributed by atoms with van der Waals surface area (Å²) >= 11 is 5.75. The van der Waals surface area contributed by atoms with E-state index < -0.39 is 11.0 Å². The van der Waals surface area contributed by atoms with E-state index in [2.05, 4.69) is 15.3 Å². The van der Waals surface area contributed by atoms with Crippen molar-refractivity contribution in [3.05, 3.63) is 20.9 Å². The summed E-state index contributed by atoms with van der Waals surface area (Å²) in [6, 6.07) is 0. The number of amides is 1. The second-order valence-electron chi connectivity index (χ2n) is 3.05. The van der Waals surface area contributed by atoms with E-state index in [4.69, 9.17) is 20.9 Å². The Morgan fingerprint density at radius 3 is 2.94 bits per heavy atom. The molecule has 0 aliphatic rings. The number of rotatable bonds is 7. The molecule has 0 unspecified atom stereocenters. The molecule has 1 amide bonds. The third kappa shape index (κ3) is 4.45. The van der Waals surface area contributed by atoms with Crippen molar-refractivity contribution in [1.29, 1.82) is 0 Å². The van der Waals surface area contributed by atoms with Crippen molar-refractivity contribution in [1.82, 2.24) is 10.5 Å². The molecule has 0 fully saturated rings. The highest BCUT2D eigenvalue weighted by molar-refractivity contribution is 6.32. The lowest BCUT2D eigenvalue weighted by atomic mass is 10.5. The molecule has 1 rings (SSSR count). The molecule has 9 nitrogen and oxygen atoms in total. The molecular formula is C8H10ClN3O6. The molecule has 0 atom stereocenters. The van der Waals surface area contributed by atoms with E-state index in [9.17, 15) is 14.9 Å². The molecule has 0 radical (unpaired) electrons. The maximum Gasteiger partial charge on any atom is 0.294 e. The Labute approximate surface area is 106 Å². The fourth-order valence-electron chi connectivity index (χ4n) is 0.926. The first-order valence-corrected chi connectivity index (χ1v) is 5.17. The van der Waals surface area contributed by atoms with Gasteiger partial charge in [-0.15, -0.1) is 10.1 Å². The highest BCUT2D eigenvalue weighted by Gasteiger charge is 2.13. The molecule has 0 aliphatic carbocycles. The van der Waals surface area contributed by atoms with E-state index >= 15 is 0 Å². The number of aromatic nitrogens is 1. The van der Waals surface area contributed by atoms with Crippen molar-refractivity contribution < 1.29 is 24.0 Å². The molecule has 0 aliphatic heterocycles. The van der Waals surface area contributed by atoms with Crippen molar-refractivity contribution in [3.8, 4) is 5.88 Å². The number of ether oxygens (including phenoxy) is 1. The summed E-state index contributed by atoms with van der Waals surface area (Å²) in [5.74, 6) is -0.0871. The highest BCUT2D eigenvalue weighted by atomic mass is 35.5. The normalized spacial score (nSPS) is 9.89. The lowest BCUT2D eigenvalue weighted by molar-refractivity contribution is -0.757. The van der Waals surface area contributed by atoms with E-state index in [1.807, 2.05) is 0 Å². The van der Waals surface area contributed by atoms with Gasteiger partial charge in [0.25, 0.3) is 16.9 Å². The first kappa shape index (κ1) is 14.0. The minimum Gasteiger partial charge on any atom is -0.464 e. The average molecular weight is 280 g/mol. The zero-order valence-electron chi connectivity index (χ0n) is 9.34. The molecule has 18 heavy (non-hydrogen) atoms. The molecule has 0 spiro atoms. The molecule has 1 aromatic rings. The van der Waals surface area contributed by atoms with Crippen LogP contribution in [0.3, 0.4) is 0 Å². The summed E-state index contributed by atoms with van der Waals surface area (Å²) in [5.41, 5.74) is 0. The van der Waals surface area contributed by atoms with Crippen LogP contribution in [0.25, 0.3) is 0 Å². The highest BCUT2D eigenvalue weighted by Crippen LogP contribution is 2.25. The molecule has 0 saturated carbocycles. The Kier molecular flexibility index (Phi) is 5.18. The zero-order valence-corrected chi connectivity index (χ0v) is 10.1. The lowest BCUT2D eigenvalue weighted by Crippen LogP contribution is -2.32. The monoisotopic (exact) mass is 279 g/mol. The number of carbonyl (C=O) groups is 1. The second kappa shape index (κ2) is 6.64. The summed E-state index contributed by atoms with van der Waals surface area (Å²) in [6.45, 7) is 1.03. The Morgan fingerprint density at radius 1 is 1.67 bits per heavy atom. The van der Waals surface area contributed by atoms with Gasteiger partial charge in [0, 0.05) is 6.54 Å². The van der Waals surface area contributed by atoms with Crippen LogP contribution in [-0.4, -0.2) is 35.9 Å². The number of hydrogen-bond acceptors (Lipinski definition) is 7. The van der Waals surface area contributed by atoms with Crippen molar-refractivity contribution in [2.45, 2.75) is 6.92 Å². The Hall–Kier alpha value is -2.03. The van der Waals surface area contributed by atoms with Crippen LogP contribution in [0, 0.1) is 17.0 Å². The van der Waals surface area contributed by atoms with E-state index in [1.165, 1.54) is 0 Å². The van der Waals surface area contributed by atoms with Crippen molar-refractivity contribution >= 4 is 17.5 Å². The smallest absolute Gasteiger partial charge is 0.294 e. The summed E-state index contributed by atoms with van der Waals surface area (Å²) in [4.78, 5) is 25.0. The van der Waals surface area contributed by atoms with Crippen LogP contribution in [0.2, 0.25) is 5.02 Å². The fourth-order valence-corrected chi connectivity index (χ4v) is 1.05. The van der Waals surface area contributed by atoms with Crippen LogP contribution in [0.5, 0.6) is 5.88 Å². The van der Waals surface area contributed by atoms with Gasteiger partial charge in [0.2, 0.25) is 0 Å². The van der Waals surface area contributed by atoms with E-state index in [0.717, 1.165) is 0 Å². The van der Waals surface area contributed by atoms with E-state index in [0.29, 0.717) is 5.76 Å². The summed E-state index contributed by atoms with van der Waals surface area (Å²) in [6.07, 6.45) is 0. The predicted molar refractivity (Wildman–Crippen MR) is 57.7 cm³/mol. The molecule has 1 heterocycles. The van der Waals surface area contributed by atoms with Crippen LogP contribution in [-0.2, 0) is 9.63 Å². The number of carbonyl (C=O) groups excluding carboxylic acids is 1. The predicted octanol–water partition coefficient (Wildman–Crippen LogP) is 0.340. The molecule has 0 aromatic carbocycles. The van der Waals surface area contributed by atoms with Gasteiger partial charge < -0.3 is 19.4 Å². The third-order valence-electron chi connectivity index (χ3n) is 1.72. The molecular weight excluding hydrogens is 270 g/mol. The molecule has 1 aromatic heterocycles. The Balaban J connectivity index is 2.21. The lowest BCUT2D eigenvalue weighted by Gasteiger charge is -2.04. The fraction of sp³-hybridized carbons (Fsp3) is 0.500. The number of nitrogens with one attached hydrogen (secondary N) is 1. The number of nitrogens with zero attached hydrogens (tertiary/aromatic N) is 2. The van der Waals surface area contributed by atoms with Crippen molar-refractivity contribution in [2.75, 3.05) is 19.8 Å². The molecule has 10 heteroatoms. The summed E-state index contributed by atoms with van der Waals surface area (Å²) in [5, 5.41) is 14.9. The van der Waals surface area contributed by atoms with Gasteiger partial charge in [0.1, 0.15) is 11.6 Å². The van der Waals surface area contributed by atoms with Gasteiger partial charge in [0.05, 0.1) is 0 Å². The number of aryl methyl sites for hydroxylation is 1. The second-order valence-corrected chi connectivity index (χ2v) is 3.43. The Morgan fingerprint density at radius 2 is 2.39 bits per heavy atom. The number of halogens is 1. The van der Waals surface area contributed by atoms with Gasteiger partial charge in [-0.05, 0) is 12.1 Å². The topological polar surface area (TPSA) is 117 Å². The zero-order chi connectivity index (χ0) is 13.5. The molecule has 1 N–H and O–H groups in total. The standard InChI is InChI=1S/C8H10ClN3O6/c1-5-7(9)8(11-18-5)16-4-6(13)10-2-3-17-12(14)15/h2-4H2,1H3,(H,10,13). The number of hydrogen-bond donors (Lipinski definition) is 1. The quantitative estimate of drug-likeness (QED) is 0.434. The molecule has 100 valence electrons. The largest absolute Gasteiger partial charge is 0.464 e. The maximum atomic E-state index is 11.2. The first-order valence-electron chi connectivity index (χ1n) is 4.79. The van der Waals surface area contributed by atoms with Gasteiger partial charge in [-0.3, -0.25) is 4.79 Å². The maximum absolute atomic E-state index is 11.2. The molecule has 0 saturated heterocycles. The SMILES string of the molecule is Cc1onc(OCC(=O)NCCO[N+](=O)[O-])c1Cl. The van der Waals surface area contributed by atoms with Gasteiger partial charge in [-0.2, -0.15) is 0 Å². The van der Waals surface area contributed by atoms with Crippen LogP contribution < -0.4 is 10.1 Å². The third-order valence-corrected chi connectivity index (χ3v) is 2.15. The van der Waals surface area contributed by atoms with Crippen LogP contribution in [0.4, 0.5) is 0 Å². The van der Waals surface area contributed by atoms with Gasteiger partial charge in [0.15, 0.2) is 12.4 Å². The van der Waals surface area contributed by atoms with Gasteiger partial charge in [-0.1, -0.05) is 11.6 Å².